The van der Waals surface area contributed by atoms with Crippen molar-refractivity contribution in [3.63, 3.8) is 0 Å². The van der Waals surface area contributed by atoms with Crippen molar-refractivity contribution in [3.8, 4) is 0 Å². The predicted octanol–water partition coefficient (Wildman–Crippen LogP) is 6.08. The Bertz CT molecular complexity index is 833. The van der Waals surface area contributed by atoms with E-state index < -0.39 is 11.7 Å². The number of benzene rings is 2. The summed E-state index contributed by atoms with van der Waals surface area (Å²) in [5.74, 6) is -3.13. The summed E-state index contributed by atoms with van der Waals surface area (Å²) in [5, 5.41) is 0.687. The van der Waals surface area contributed by atoms with E-state index >= 15 is 4.39 Å². The highest BCUT2D eigenvalue weighted by Crippen LogP contribution is 2.41. The van der Waals surface area contributed by atoms with E-state index in [1.807, 2.05) is 54.6 Å². The van der Waals surface area contributed by atoms with Gasteiger partial charge in [-0.1, -0.05) is 70.5 Å². The van der Waals surface area contributed by atoms with Crippen molar-refractivity contribution in [2.24, 2.45) is 0 Å². The van der Waals surface area contributed by atoms with Gasteiger partial charge >= 0.3 is 0 Å². The summed E-state index contributed by atoms with van der Waals surface area (Å²) in [6.45, 7) is -0.0315. The van der Waals surface area contributed by atoms with E-state index in [0.29, 0.717) is 16.7 Å². The molecule has 1 aliphatic carbocycles. The van der Waals surface area contributed by atoms with E-state index in [2.05, 4.69) is 15.9 Å². The van der Waals surface area contributed by atoms with Gasteiger partial charge in [-0.15, -0.1) is 0 Å². The van der Waals surface area contributed by atoms with Gasteiger partial charge in [-0.2, -0.15) is 0 Å². The number of allylic oxidation sites excluding steroid dienone is 2. The molecule has 0 fully saturated rings. The van der Waals surface area contributed by atoms with Crippen LogP contribution in [0.2, 0.25) is 0 Å². The third kappa shape index (κ3) is 4.05. The molecule has 136 valence electrons. The summed E-state index contributed by atoms with van der Waals surface area (Å²) >= 11 is 3.38. The van der Waals surface area contributed by atoms with Crippen LogP contribution in [0.4, 0.5) is 8.78 Å². The predicted molar refractivity (Wildman–Crippen MR) is 102 cm³/mol. The zero-order valence-electron chi connectivity index (χ0n) is 14.3. The molecule has 0 bridgehead atoms. The second-order valence-corrected chi connectivity index (χ2v) is 6.61. The Balaban J connectivity index is 1.81. The molecule has 0 saturated heterocycles. The molecule has 5 heteroatoms. The van der Waals surface area contributed by atoms with Gasteiger partial charge in [0.2, 0.25) is 0 Å². The lowest BCUT2D eigenvalue weighted by Crippen LogP contribution is -2.31. The second kappa shape index (κ2) is 8.14. The van der Waals surface area contributed by atoms with Gasteiger partial charge < -0.3 is 9.47 Å². The lowest BCUT2D eigenvalue weighted by molar-refractivity contribution is -0.142. The summed E-state index contributed by atoms with van der Waals surface area (Å²) < 4.78 is 40.4. The molecule has 0 amide bonds. The average molecular weight is 421 g/mol. The number of alkyl halides is 2. The van der Waals surface area contributed by atoms with Crippen LogP contribution in [-0.4, -0.2) is 13.0 Å². The summed E-state index contributed by atoms with van der Waals surface area (Å²) in [6.07, 6.45) is 0.848. The quantitative estimate of drug-likeness (QED) is 0.527. The van der Waals surface area contributed by atoms with E-state index in [1.54, 1.807) is 0 Å². The third-order valence-electron chi connectivity index (χ3n) is 4.26. The van der Waals surface area contributed by atoms with Crippen LogP contribution in [0, 0.1) is 0 Å². The van der Waals surface area contributed by atoms with Crippen LogP contribution in [0.3, 0.4) is 0 Å². The lowest BCUT2D eigenvalue weighted by atomic mass is 9.94. The third-order valence-corrected chi connectivity index (χ3v) is 4.91. The molecule has 1 atom stereocenters. The fourth-order valence-electron chi connectivity index (χ4n) is 2.87. The first-order chi connectivity index (χ1) is 12.6. The highest BCUT2D eigenvalue weighted by atomic mass is 79.9. The molecule has 0 aromatic heterocycles. The Kier molecular flexibility index (Phi) is 5.89. The smallest absolute Gasteiger partial charge is 0.269 e. The van der Waals surface area contributed by atoms with Gasteiger partial charge in [0.15, 0.2) is 5.83 Å². The number of halogens is 3. The Hall–Kier alpha value is -1.98. The fraction of sp³-hybridized carbons (Fsp3) is 0.238. The SMILES string of the molecule is COC1=C(c2ccccc2)C=C(F)C(F)(OCc2cccc(CBr)c2)C1. The average Bonchev–Trinajstić information content (AvgIpc) is 2.69. The zero-order valence-corrected chi connectivity index (χ0v) is 15.9. The van der Waals surface area contributed by atoms with Crippen molar-refractivity contribution in [2.75, 3.05) is 7.11 Å². The molecule has 0 aliphatic heterocycles. The molecule has 0 N–H and O–H groups in total. The number of hydrogen-bond acceptors (Lipinski definition) is 2. The summed E-state index contributed by atoms with van der Waals surface area (Å²) in [6, 6.07) is 16.7. The Morgan fingerprint density at radius 2 is 1.81 bits per heavy atom. The van der Waals surface area contributed by atoms with Crippen molar-refractivity contribution in [1.82, 2.24) is 0 Å². The van der Waals surface area contributed by atoms with Gasteiger partial charge in [-0.25, -0.2) is 8.78 Å². The highest BCUT2D eigenvalue weighted by molar-refractivity contribution is 9.08. The summed E-state index contributed by atoms with van der Waals surface area (Å²) in [7, 11) is 1.45. The maximum Gasteiger partial charge on any atom is 0.269 e. The molecular weight excluding hydrogens is 402 g/mol. The van der Waals surface area contributed by atoms with Crippen molar-refractivity contribution < 1.29 is 18.3 Å². The minimum Gasteiger partial charge on any atom is -0.500 e. The molecule has 2 aromatic carbocycles. The van der Waals surface area contributed by atoms with Crippen LogP contribution < -0.4 is 0 Å². The first-order valence-electron chi connectivity index (χ1n) is 8.22. The van der Waals surface area contributed by atoms with Crippen LogP contribution in [0.25, 0.3) is 5.57 Å². The molecular formula is C21H19BrF2O2. The monoisotopic (exact) mass is 420 g/mol. The molecule has 2 nitrogen and oxygen atoms in total. The van der Waals surface area contributed by atoms with Crippen molar-refractivity contribution in [2.45, 2.75) is 24.2 Å². The Morgan fingerprint density at radius 1 is 1.08 bits per heavy atom. The van der Waals surface area contributed by atoms with Crippen LogP contribution >= 0.6 is 15.9 Å². The first-order valence-corrected chi connectivity index (χ1v) is 9.35. The van der Waals surface area contributed by atoms with Crippen molar-refractivity contribution >= 4 is 21.5 Å². The van der Waals surface area contributed by atoms with Gasteiger partial charge in [0, 0.05) is 10.9 Å². The van der Waals surface area contributed by atoms with Crippen LogP contribution in [0.15, 0.2) is 72.3 Å². The minimum absolute atomic E-state index is 0.0315. The number of rotatable bonds is 6. The molecule has 1 unspecified atom stereocenters. The van der Waals surface area contributed by atoms with Crippen molar-refractivity contribution in [3.05, 3.63) is 88.9 Å². The van der Waals surface area contributed by atoms with E-state index in [1.165, 1.54) is 7.11 Å². The molecule has 26 heavy (non-hydrogen) atoms. The minimum atomic E-state index is -2.53. The molecule has 0 spiro atoms. The van der Waals surface area contributed by atoms with Gasteiger partial charge in [-0.05, 0) is 22.8 Å². The Morgan fingerprint density at radius 3 is 2.50 bits per heavy atom. The van der Waals surface area contributed by atoms with Gasteiger partial charge in [0.1, 0.15) is 5.76 Å². The number of ether oxygens (including phenoxy) is 2. The van der Waals surface area contributed by atoms with Crippen LogP contribution in [0.1, 0.15) is 23.1 Å². The molecule has 0 heterocycles. The van der Waals surface area contributed by atoms with Crippen molar-refractivity contribution in [1.29, 1.82) is 0 Å². The molecule has 1 aliphatic rings. The van der Waals surface area contributed by atoms with Crippen LogP contribution in [-0.2, 0) is 21.4 Å². The molecule has 3 rings (SSSR count). The molecule has 0 radical (unpaired) electrons. The van der Waals surface area contributed by atoms with E-state index in [-0.39, 0.29) is 13.0 Å². The number of methoxy groups -OCH3 is 1. The summed E-state index contributed by atoms with van der Waals surface area (Å²) in [5.41, 5.74) is 3.13. The highest BCUT2D eigenvalue weighted by Gasteiger charge is 2.42. The maximum atomic E-state index is 15.2. The zero-order chi connectivity index (χ0) is 18.6. The maximum absolute atomic E-state index is 15.2. The van der Waals surface area contributed by atoms with E-state index in [4.69, 9.17) is 9.47 Å². The molecule has 0 saturated carbocycles. The van der Waals surface area contributed by atoms with Crippen LogP contribution in [0.5, 0.6) is 0 Å². The van der Waals surface area contributed by atoms with Gasteiger partial charge in [0.25, 0.3) is 5.85 Å². The topological polar surface area (TPSA) is 18.5 Å². The van der Waals surface area contributed by atoms with E-state index in [9.17, 15) is 4.39 Å². The largest absolute Gasteiger partial charge is 0.500 e. The standard InChI is InChI=1S/C21H19BrF2O2/c1-25-19-12-21(24,26-14-16-7-5-6-15(10-16)13-22)20(23)11-18(19)17-8-3-2-4-9-17/h2-11H,12-14H2,1H3. The summed E-state index contributed by atoms with van der Waals surface area (Å²) in [4.78, 5) is 0. The second-order valence-electron chi connectivity index (χ2n) is 6.05. The molecule has 2 aromatic rings. The van der Waals surface area contributed by atoms with Gasteiger partial charge in [-0.3, -0.25) is 0 Å². The Labute approximate surface area is 160 Å². The lowest BCUT2D eigenvalue weighted by Gasteiger charge is -2.29. The fourth-order valence-corrected chi connectivity index (χ4v) is 3.21. The van der Waals surface area contributed by atoms with E-state index in [0.717, 1.165) is 22.8 Å². The number of hydrogen-bond donors (Lipinski definition) is 0. The normalized spacial score (nSPS) is 20.1. The van der Waals surface area contributed by atoms with Gasteiger partial charge in [0.05, 0.1) is 20.1 Å². The first kappa shape index (κ1) is 18.8.